The number of rotatable bonds is 7. The average Bonchev–Trinajstić information content (AvgIpc) is 3.33. The molecule has 0 bridgehead atoms. The van der Waals surface area contributed by atoms with Crippen LogP contribution in [0, 0.1) is 0 Å². The van der Waals surface area contributed by atoms with Crippen LogP contribution >= 0.6 is 27.3 Å². The van der Waals surface area contributed by atoms with Crippen LogP contribution in [0.2, 0.25) is 0 Å². The van der Waals surface area contributed by atoms with E-state index in [1.165, 1.54) is 11.4 Å². The summed E-state index contributed by atoms with van der Waals surface area (Å²) in [4.78, 5) is 12.8. The van der Waals surface area contributed by atoms with E-state index in [0.717, 1.165) is 15.1 Å². The quantitative estimate of drug-likeness (QED) is 0.641. The number of carbonyl (C=O) groups is 1. The molecule has 7 nitrogen and oxygen atoms in total. The minimum atomic E-state index is -3.71. The van der Waals surface area contributed by atoms with E-state index in [4.69, 9.17) is 9.47 Å². The van der Waals surface area contributed by atoms with E-state index in [2.05, 4.69) is 21.2 Å². The highest BCUT2D eigenvalue weighted by Crippen LogP contribution is 2.34. The molecule has 2 aromatic rings. The van der Waals surface area contributed by atoms with Crippen molar-refractivity contribution >= 4 is 48.9 Å². The summed E-state index contributed by atoms with van der Waals surface area (Å²) < 4.78 is 38.9. The Labute approximate surface area is 176 Å². The molecular formula is C18H21BrN2O5S2. The highest BCUT2D eigenvalue weighted by Gasteiger charge is 2.40. The zero-order valence-corrected chi connectivity index (χ0v) is 18.7. The van der Waals surface area contributed by atoms with E-state index in [1.807, 2.05) is 6.92 Å². The van der Waals surface area contributed by atoms with Crippen molar-refractivity contribution in [2.24, 2.45) is 0 Å². The lowest BCUT2D eigenvalue weighted by Gasteiger charge is -2.23. The smallest absolute Gasteiger partial charge is 0.253 e. The van der Waals surface area contributed by atoms with Gasteiger partial charge in [0.1, 0.15) is 10.3 Å². The van der Waals surface area contributed by atoms with Crippen LogP contribution in [0.5, 0.6) is 11.5 Å². The molecule has 1 aromatic heterocycles. The number of methoxy groups -OCH3 is 1. The maximum absolute atomic E-state index is 12.9. The third-order valence-corrected chi connectivity index (χ3v) is 8.35. The number of amides is 1. The average molecular weight is 489 g/mol. The van der Waals surface area contributed by atoms with Crippen molar-refractivity contribution in [3.63, 3.8) is 0 Å². The number of thiophene rings is 1. The summed E-state index contributed by atoms with van der Waals surface area (Å²) in [6.45, 7) is 2.69. The molecule has 152 valence electrons. The number of halogens is 1. The number of anilines is 1. The van der Waals surface area contributed by atoms with Gasteiger partial charge in [0.15, 0.2) is 11.5 Å². The largest absolute Gasteiger partial charge is 0.493 e. The summed E-state index contributed by atoms with van der Waals surface area (Å²) in [5.74, 6) is 0.721. The summed E-state index contributed by atoms with van der Waals surface area (Å²) >= 11 is 4.42. The number of sulfonamides is 1. The van der Waals surface area contributed by atoms with Crippen LogP contribution < -0.4 is 14.8 Å². The fourth-order valence-electron chi connectivity index (χ4n) is 3.09. The molecule has 2 heterocycles. The van der Waals surface area contributed by atoms with Gasteiger partial charge < -0.3 is 14.8 Å². The Kier molecular flexibility index (Phi) is 6.64. The normalized spacial score (nSPS) is 17.5. The second-order valence-electron chi connectivity index (χ2n) is 6.12. The topological polar surface area (TPSA) is 84.9 Å². The molecule has 28 heavy (non-hydrogen) atoms. The predicted molar refractivity (Wildman–Crippen MR) is 112 cm³/mol. The third kappa shape index (κ3) is 4.35. The van der Waals surface area contributed by atoms with Crippen LogP contribution in [-0.2, 0) is 14.8 Å². The molecule has 1 atom stereocenters. The number of carbonyl (C=O) groups excluding carboxylic acids is 1. The molecule has 1 aromatic carbocycles. The van der Waals surface area contributed by atoms with E-state index >= 15 is 0 Å². The van der Waals surface area contributed by atoms with Gasteiger partial charge in [-0.15, -0.1) is 11.3 Å². The molecule has 1 aliphatic rings. The van der Waals surface area contributed by atoms with Crippen molar-refractivity contribution in [3.8, 4) is 11.5 Å². The van der Waals surface area contributed by atoms with Crippen LogP contribution in [0.15, 0.2) is 38.3 Å². The van der Waals surface area contributed by atoms with Gasteiger partial charge in [-0.25, -0.2) is 8.42 Å². The summed E-state index contributed by atoms with van der Waals surface area (Å²) in [6, 6.07) is 7.57. The Morgan fingerprint density at radius 1 is 1.32 bits per heavy atom. The molecule has 0 aliphatic carbocycles. The Balaban J connectivity index is 1.78. The first-order chi connectivity index (χ1) is 13.4. The van der Waals surface area contributed by atoms with Crippen LogP contribution in [0.4, 0.5) is 5.69 Å². The minimum Gasteiger partial charge on any atom is -0.493 e. The summed E-state index contributed by atoms with van der Waals surface area (Å²) in [7, 11) is -2.19. The Hall–Kier alpha value is -1.62. The molecule has 0 radical (unpaired) electrons. The zero-order chi connectivity index (χ0) is 20.3. The van der Waals surface area contributed by atoms with Crippen molar-refractivity contribution in [3.05, 3.63) is 34.1 Å². The van der Waals surface area contributed by atoms with Gasteiger partial charge in [-0.1, -0.05) is 0 Å². The Morgan fingerprint density at radius 2 is 2.11 bits per heavy atom. The minimum absolute atomic E-state index is 0.224. The molecule has 0 saturated carbocycles. The van der Waals surface area contributed by atoms with Gasteiger partial charge in [-0.05, 0) is 60.0 Å². The van der Waals surface area contributed by atoms with E-state index in [9.17, 15) is 13.2 Å². The fraction of sp³-hybridized carbons (Fsp3) is 0.389. The van der Waals surface area contributed by atoms with Crippen LogP contribution in [0.1, 0.15) is 19.8 Å². The highest BCUT2D eigenvalue weighted by atomic mass is 79.9. The maximum Gasteiger partial charge on any atom is 0.253 e. The number of nitrogens with one attached hydrogen (secondary N) is 1. The van der Waals surface area contributed by atoms with Gasteiger partial charge >= 0.3 is 0 Å². The maximum atomic E-state index is 12.9. The molecule has 1 aliphatic heterocycles. The molecular weight excluding hydrogens is 468 g/mol. The van der Waals surface area contributed by atoms with Gasteiger partial charge in [0.25, 0.3) is 10.0 Å². The number of hydrogen-bond donors (Lipinski definition) is 1. The SMILES string of the molecule is CCOc1ccc(NC(=O)C2CCCN2S(=O)(=O)c2ccc(Br)s2)cc1OC. The van der Waals surface area contributed by atoms with Crippen molar-refractivity contribution in [1.82, 2.24) is 4.31 Å². The molecule has 1 unspecified atom stereocenters. The fourth-order valence-corrected chi connectivity index (χ4v) is 6.88. The summed E-state index contributed by atoms with van der Waals surface area (Å²) in [5.41, 5.74) is 0.522. The van der Waals surface area contributed by atoms with Gasteiger partial charge in [-0.3, -0.25) is 4.79 Å². The van der Waals surface area contributed by atoms with Crippen molar-refractivity contribution < 1.29 is 22.7 Å². The predicted octanol–water partition coefficient (Wildman–Crippen LogP) is 3.71. The van der Waals surface area contributed by atoms with Gasteiger partial charge in [0.2, 0.25) is 5.91 Å². The molecule has 1 fully saturated rings. The Bertz CT molecular complexity index is 961. The molecule has 1 saturated heterocycles. The Morgan fingerprint density at radius 3 is 2.75 bits per heavy atom. The van der Waals surface area contributed by atoms with E-state index < -0.39 is 16.1 Å². The van der Waals surface area contributed by atoms with Gasteiger partial charge in [-0.2, -0.15) is 4.31 Å². The molecule has 1 amide bonds. The van der Waals surface area contributed by atoms with Crippen molar-refractivity contribution in [2.75, 3.05) is 25.6 Å². The number of hydrogen-bond acceptors (Lipinski definition) is 6. The lowest BCUT2D eigenvalue weighted by Crippen LogP contribution is -2.42. The molecule has 3 rings (SSSR count). The lowest BCUT2D eigenvalue weighted by molar-refractivity contribution is -0.119. The monoisotopic (exact) mass is 488 g/mol. The van der Waals surface area contributed by atoms with Crippen LogP contribution in [0.25, 0.3) is 0 Å². The molecule has 1 N–H and O–H groups in total. The van der Waals surface area contributed by atoms with E-state index in [0.29, 0.717) is 43.2 Å². The number of benzene rings is 1. The number of nitrogens with zero attached hydrogens (tertiary/aromatic N) is 1. The first-order valence-corrected chi connectivity index (χ1v) is 11.8. The standard InChI is InChI=1S/C18H21BrN2O5S2/c1-3-26-14-7-6-12(11-15(14)25-2)20-18(22)13-5-4-10-21(13)28(23,24)17-9-8-16(19)27-17/h6-9,11,13H,3-5,10H2,1-2H3,(H,20,22). The van der Waals surface area contributed by atoms with Crippen LogP contribution in [0.3, 0.4) is 0 Å². The third-order valence-electron chi connectivity index (χ3n) is 4.35. The van der Waals surface area contributed by atoms with Crippen LogP contribution in [-0.4, -0.2) is 44.9 Å². The number of ether oxygens (including phenoxy) is 2. The summed E-state index contributed by atoms with van der Waals surface area (Å²) in [6.07, 6.45) is 1.11. The molecule has 10 heteroatoms. The second kappa shape index (κ2) is 8.81. The first kappa shape index (κ1) is 21.1. The first-order valence-electron chi connectivity index (χ1n) is 8.75. The van der Waals surface area contributed by atoms with Gasteiger partial charge in [0, 0.05) is 18.3 Å². The van der Waals surface area contributed by atoms with Crippen molar-refractivity contribution in [2.45, 2.75) is 30.0 Å². The molecule has 0 spiro atoms. The second-order valence-corrected chi connectivity index (χ2v) is 10.7. The summed E-state index contributed by atoms with van der Waals surface area (Å²) in [5, 5.41) is 2.80. The highest BCUT2D eigenvalue weighted by molar-refractivity contribution is 9.11. The van der Waals surface area contributed by atoms with E-state index in [-0.39, 0.29) is 10.1 Å². The lowest BCUT2D eigenvalue weighted by atomic mass is 10.2. The van der Waals surface area contributed by atoms with Gasteiger partial charge in [0.05, 0.1) is 17.5 Å². The zero-order valence-electron chi connectivity index (χ0n) is 15.5. The van der Waals surface area contributed by atoms with Crippen molar-refractivity contribution in [1.29, 1.82) is 0 Å². The van der Waals surface area contributed by atoms with E-state index in [1.54, 1.807) is 30.3 Å².